The number of aromatic nitrogens is 2. The van der Waals surface area contributed by atoms with Gasteiger partial charge in [0.2, 0.25) is 5.91 Å². The van der Waals surface area contributed by atoms with Gasteiger partial charge in [-0.05, 0) is 35.9 Å². The van der Waals surface area contributed by atoms with Crippen LogP contribution >= 0.6 is 0 Å². The number of nitrogens with one attached hydrogen (secondary N) is 1. The molecule has 0 spiro atoms. The summed E-state index contributed by atoms with van der Waals surface area (Å²) in [7, 11) is 1.48. The van der Waals surface area contributed by atoms with E-state index in [1.54, 1.807) is 36.5 Å². The first-order valence-electron chi connectivity index (χ1n) is 9.19. The van der Waals surface area contributed by atoms with E-state index >= 15 is 0 Å². The van der Waals surface area contributed by atoms with Crippen LogP contribution in [0.25, 0.3) is 5.69 Å². The molecule has 1 aliphatic heterocycles. The van der Waals surface area contributed by atoms with E-state index in [-0.39, 0.29) is 24.9 Å². The Morgan fingerprint density at radius 2 is 2.13 bits per heavy atom. The Morgan fingerprint density at radius 3 is 2.87 bits per heavy atom. The summed E-state index contributed by atoms with van der Waals surface area (Å²) in [5.74, 6) is -0.176. The Balaban J connectivity index is 1.72. The number of amides is 2. The molecular weight excluding hydrogens is 391 g/mol. The molecule has 0 aliphatic carbocycles. The number of carbonyl (C=O) groups is 2. The molecule has 1 unspecified atom stereocenters. The molecule has 0 radical (unpaired) electrons. The zero-order valence-electron chi connectivity index (χ0n) is 16.1. The summed E-state index contributed by atoms with van der Waals surface area (Å²) in [6.45, 7) is -0.272. The Labute approximate surface area is 171 Å². The number of rotatable bonds is 6. The monoisotopic (exact) mass is 410 g/mol. The van der Waals surface area contributed by atoms with Crippen LogP contribution < -0.4 is 20.5 Å². The highest BCUT2D eigenvalue weighted by Gasteiger charge is 2.31. The Kier molecular flexibility index (Phi) is 5.09. The summed E-state index contributed by atoms with van der Waals surface area (Å²) in [6.07, 6.45) is 1.88. The average Bonchev–Trinajstić information content (AvgIpc) is 3.15. The van der Waals surface area contributed by atoms with E-state index in [2.05, 4.69) is 10.4 Å². The van der Waals surface area contributed by atoms with Crippen LogP contribution in [0.3, 0.4) is 0 Å². The maximum absolute atomic E-state index is 13.7. The van der Waals surface area contributed by atoms with Gasteiger partial charge in [0.15, 0.2) is 18.1 Å². The van der Waals surface area contributed by atoms with Crippen molar-refractivity contribution in [1.82, 2.24) is 9.78 Å². The predicted octanol–water partition coefficient (Wildman–Crippen LogP) is 2.36. The number of ether oxygens (including phenoxy) is 2. The van der Waals surface area contributed by atoms with E-state index in [0.717, 1.165) is 11.1 Å². The third kappa shape index (κ3) is 3.69. The number of anilines is 1. The Morgan fingerprint density at radius 1 is 1.30 bits per heavy atom. The fraction of sp³-hybridized carbons (Fsp3) is 0.190. The third-order valence-corrected chi connectivity index (χ3v) is 4.83. The SMILES string of the molecule is COc1cc(C2CC(=O)Nc3c2cnn3-c2cccc(F)c2)ccc1OCC(N)=O. The van der Waals surface area contributed by atoms with Crippen molar-refractivity contribution >= 4 is 17.6 Å². The number of benzene rings is 2. The number of nitrogens with two attached hydrogens (primary N) is 1. The molecule has 2 amide bonds. The second kappa shape index (κ2) is 7.86. The second-order valence-corrected chi connectivity index (χ2v) is 6.81. The van der Waals surface area contributed by atoms with Crippen LogP contribution in [-0.4, -0.2) is 35.3 Å². The summed E-state index contributed by atoms with van der Waals surface area (Å²) < 4.78 is 25.9. The van der Waals surface area contributed by atoms with Crippen LogP contribution in [-0.2, 0) is 9.59 Å². The van der Waals surface area contributed by atoms with Gasteiger partial charge in [-0.2, -0.15) is 5.10 Å². The molecule has 4 rings (SSSR count). The van der Waals surface area contributed by atoms with Crippen LogP contribution in [0, 0.1) is 5.82 Å². The second-order valence-electron chi connectivity index (χ2n) is 6.81. The number of methoxy groups -OCH3 is 1. The first-order valence-corrected chi connectivity index (χ1v) is 9.19. The topological polar surface area (TPSA) is 108 Å². The number of halogens is 1. The standard InChI is InChI=1S/C21H19FN4O4/c1-29-18-7-12(5-6-17(18)30-11-19(23)27)15-9-20(28)25-21-16(15)10-24-26(21)14-4-2-3-13(22)8-14/h2-8,10,15H,9,11H2,1H3,(H2,23,27)(H,25,28). The lowest BCUT2D eigenvalue weighted by Gasteiger charge is -2.24. The van der Waals surface area contributed by atoms with E-state index in [1.807, 2.05) is 0 Å². The van der Waals surface area contributed by atoms with Gasteiger partial charge in [-0.1, -0.05) is 12.1 Å². The van der Waals surface area contributed by atoms with Crippen molar-refractivity contribution in [2.45, 2.75) is 12.3 Å². The van der Waals surface area contributed by atoms with Gasteiger partial charge in [-0.15, -0.1) is 0 Å². The van der Waals surface area contributed by atoms with Crippen LogP contribution in [0.4, 0.5) is 10.2 Å². The molecule has 0 saturated carbocycles. The average molecular weight is 410 g/mol. The fourth-order valence-corrected chi connectivity index (χ4v) is 3.49. The van der Waals surface area contributed by atoms with E-state index in [1.165, 1.54) is 23.9 Å². The minimum atomic E-state index is -0.598. The number of carbonyl (C=O) groups excluding carboxylic acids is 2. The minimum absolute atomic E-state index is 0.182. The van der Waals surface area contributed by atoms with E-state index in [9.17, 15) is 14.0 Å². The molecule has 1 aliphatic rings. The van der Waals surface area contributed by atoms with Gasteiger partial charge in [-0.3, -0.25) is 9.59 Å². The highest BCUT2D eigenvalue weighted by molar-refractivity contribution is 5.94. The normalized spacial score (nSPS) is 15.3. The maximum atomic E-state index is 13.7. The van der Waals surface area contributed by atoms with Crippen LogP contribution in [0.2, 0.25) is 0 Å². The van der Waals surface area contributed by atoms with Crippen molar-refractivity contribution < 1.29 is 23.5 Å². The van der Waals surface area contributed by atoms with Crippen LogP contribution in [0.5, 0.6) is 11.5 Å². The van der Waals surface area contributed by atoms with E-state index in [4.69, 9.17) is 15.2 Å². The summed E-state index contributed by atoms with van der Waals surface area (Å²) in [5.41, 5.74) is 7.24. The highest BCUT2D eigenvalue weighted by Crippen LogP contribution is 2.40. The van der Waals surface area contributed by atoms with Crippen molar-refractivity contribution in [1.29, 1.82) is 0 Å². The molecular formula is C21H19FN4O4. The van der Waals surface area contributed by atoms with Gasteiger partial charge in [0, 0.05) is 17.9 Å². The molecule has 0 saturated heterocycles. The molecule has 2 heterocycles. The smallest absolute Gasteiger partial charge is 0.255 e. The number of fused-ring (bicyclic) bond motifs is 1. The van der Waals surface area contributed by atoms with Gasteiger partial charge in [0.05, 0.1) is 19.0 Å². The molecule has 8 nitrogen and oxygen atoms in total. The highest BCUT2D eigenvalue weighted by atomic mass is 19.1. The number of hydrogen-bond acceptors (Lipinski definition) is 5. The molecule has 0 fully saturated rings. The van der Waals surface area contributed by atoms with Gasteiger partial charge in [0.25, 0.3) is 5.91 Å². The molecule has 1 atom stereocenters. The van der Waals surface area contributed by atoms with Crippen molar-refractivity contribution in [2.24, 2.45) is 5.73 Å². The summed E-state index contributed by atoms with van der Waals surface area (Å²) in [6, 6.07) is 11.2. The van der Waals surface area contributed by atoms with Crippen LogP contribution in [0.15, 0.2) is 48.7 Å². The summed E-state index contributed by atoms with van der Waals surface area (Å²) in [4.78, 5) is 23.4. The Hall–Kier alpha value is -3.88. The van der Waals surface area contributed by atoms with E-state index in [0.29, 0.717) is 23.0 Å². The number of nitrogens with zero attached hydrogens (tertiary/aromatic N) is 2. The first-order chi connectivity index (χ1) is 14.5. The molecule has 1 aromatic heterocycles. The van der Waals surface area contributed by atoms with Crippen molar-refractivity contribution in [3.63, 3.8) is 0 Å². The lowest BCUT2D eigenvalue weighted by Crippen LogP contribution is -2.24. The molecule has 0 bridgehead atoms. The van der Waals surface area contributed by atoms with Gasteiger partial charge in [0.1, 0.15) is 11.6 Å². The quantitative estimate of drug-likeness (QED) is 0.649. The third-order valence-electron chi connectivity index (χ3n) is 4.83. The maximum Gasteiger partial charge on any atom is 0.255 e. The van der Waals surface area contributed by atoms with Crippen molar-refractivity contribution in [3.05, 3.63) is 65.6 Å². The number of hydrogen-bond donors (Lipinski definition) is 2. The largest absolute Gasteiger partial charge is 0.493 e. The molecule has 2 aromatic carbocycles. The lowest BCUT2D eigenvalue weighted by molar-refractivity contribution is -0.120. The minimum Gasteiger partial charge on any atom is -0.493 e. The van der Waals surface area contributed by atoms with E-state index < -0.39 is 11.7 Å². The molecule has 3 N–H and O–H groups in total. The van der Waals surface area contributed by atoms with Gasteiger partial charge < -0.3 is 20.5 Å². The molecule has 3 aromatic rings. The van der Waals surface area contributed by atoms with Crippen LogP contribution in [0.1, 0.15) is 23.5 Å². The Bertz CT molecular complexity index is 1130. The van der Waals surface area contributed by atoms with Gasteiger partial charge in [-0.25, -0.2) is 9.07 Å². The zero-order chi connectivity index (χ0) is 21.3. The zero-order valence-corrected chi connectivity index (χ0v) is 16.1. The predicted molar refractivity (Wildman–Crippen MR) is 106 cm³/mol. The molecule has 154 valence electrons. The molecule has 9 heteroatoms. The summed E-state index contributed by atoms with van der Waals surface area (Å²) in [5, 5.41) is 7.19. The number of primary amides is 1. The van der Waals surface area contributed by atoms with Crippen molar-refractivity contribution in [2.75, 3.05) is 19.0 Å². The fourth-order valence-electron chi connectivity index (χ4n) is 3.49. The molecule has 30 heavy (non-hydrogen) atoms. The first kappa shape index (κ1) is 19.4. The lowest BCUT2D eigenvalue weighted by atomic mass is 9.87. The van der Waals surface area contributed by atoms with Gasteiger partial charge >= 0.3 is 0 Å². The summed E-state index contributed by atoms with van der Waals surface area (Å²) >= 11 is 0. The van der Waals surface area contributed by atoms with Crippen molar-refractivity contribution in [3.8, 4) is 17.2 Å².